The molecule has 2 N–H and O–H groups in total. The summed E-state index contributed by atoms with van der Waals surface area (Å²) in [5.74, 6) is 0.247. The summed E-state index contributed by atoms with van der Waals surface area (Å²) in [6.45, 7) is 25.2. The Morgan fingerprint density at radius 3 is 1.85 bits per heavy atom. The molecule has 0 amide bonds. The number of hydrogen-bond donors (Lipinski definition) is 2. The van der Waals surface area contributed by atoms with Crippen LogP contribution in [0.25, 0.3) is 0 Å². The van der Waals surface area contributed by atoms with Crippen LogP contribution in [0.15, 0.2) is 60.7 Å². The van der Waals surface area contributed by atoms with E-state index in [-0.39, 0.29) is 23.2 Å². The van der Waals surface area contributed by atoms with Crippen molar-refractivity contribution in [2.24, 2.45) is 5.92 Å². The molecule has 0 spiro atoms. The highest BCUT2D eigenvalue weighted by molar-refractivity contribution is 6.99. The maximum absolute atomic E-state index is 11.4. The molecular formula is C39H64O6Si2. The lowest BCUT2D eigenvalue weighted by atomic mass is 9.80. The molecule has 4 rings (SSSR count). The third-order valence-electron chi connectivity index (χ3n) is 11.3. The van der Waals surface area contributed by atoms with Crippen LogP contribution in [0.2, 0.25) is 21.7 Å². The predicted molar refractivity (Wildman–Crippen MR) is 197 cm³/mol. The molecule has 0 aromatic heterocycles. The van der Waals surface area contributed by atoms with Crippen LogP contribution in [0.3, 0.4) is 0 Å². The number of aliphatic hydroxyl groups is 2. The van der Waals surface area contributed by atoms with Crippen LogP contribution in [-0.2, 0) is 18.3 Å². The Morgan fingerprint density at radius 1 is 0.872 bits per heavy atom. The molecule has 47 heavy (non-hydrogen) atoms. The zero-order valence-electron chi connectivity index (χ0n) is 31.0. The fraction of sp³-hybridized carbons (Fsp3) is 0.692. The summed E-state index contributed by atoms with van der Waals surface area (Å²) in [6, 6.07) is 21.6. The molecule has 2 aliphatic heterocycles. The fourth-order valence-electron chi connectivity index (χ4n) is 8.94. The molecule has 0 radical (unpaired) electrons. The highest BCUT2D eigenvalue weighted by Crippen LogP contribution is 2.47. The van der Waals surface area contributed by atoms with Gasteiger partial charge in [-0.2, -0.15) is 0 Å². The van der Waals surface area contributed by atoms with Crippen molar-refractivity contribution < 1.29 is 28.5 Å². The van der Waals surface area contributed by atoms with Gasteiger partial charge in [0.1, 0.15) is 6.10 Å². The topological polar surface area (TPSA) is 77.4 Å². The van der Waals surface area contributed by atoms with Gasteiger partial charge in [0, 0.05) is 13.0 Å². The van der Waals surface area contributed by atoms with Crippen molar-refractivity contribution >= 4 is 27.0 Å². The highest BCUT2D eigenvalue weighted by Gasteiger charge is 2.55. The molecule has 2 aliphatic rings. The van der Waals surface area contributed by atoms with E-state index in [1.165, 1.54) is 10.4 Å². The van der Waals surface area contributed by atoms with E-state index < -0.39 is 40.7 Å². The van der Waals surface area contributed by atoms with E-state index in [0.717, 1.165) is 19.3 Å². The van der Waals surface area contributed by atoms with E-state index in [1.807, 2.05) is 6.92 Å². The molecule has 2 heterocycles. The van der Waals surface area contributed by atoms with Gasteiger partial charge in [-0.1, -0.05) is 130 Å². The van der Waals surface area contributed by atoms with Gasteiger partial charge in [0.25, 0.3) is 8.32 Å². The molecule has 2 aromatic carbocycles. The average Bonchev–Trinajstić information content (AvgIpc) is 3.08. The Bertz CT molecular complexity index is 1190. The van der Waals surface area contributed by atoms with Crippen molar-refractivity contribution in [3.8, 4) is 0 Å². The zero-order chi connectivity index (χ0) is 34.8. The lowest BCUT2D eigenvalue weighted by molar-refractivity contribution is -0.253. The Kier molecular flexibility index (Phi) is 12.5. The van der Waals surface area contributed by atoms with Gasteiger partial charge >= 0.3 is 0 Å². The zero-order valence-corrected chi connectivity index (χ0v) is 33.0. The summed E-state index contributed by atoms with van der Waals surface area (Å²) in [7, 11) is -4.97. The minimum Gasteiger partial charge on any atom is -0.407 e. The van der Waals surface area contributed by atoms with Crippen molar-refractivity contribution in [3.05, 3.63) is 60.7 Å². The molecule has 2 aromatic rings. The second-order valence-corrected chi connectivity index (χ2v) is 26.2. The lowest BCUT2D eigenvalue weighted by Gasteiger charge is -2.48. The van der Waals surface area contributed by atoms with Gasteiger partial charge in [0.05, 0.1) is 23.9 Å². The normalized spacial score (nSPS) is 29.3. The van der Waals surface area contributed by atoms with Crippen molar-refractivity contribution in [1.82, 2.24) is 0 Å². The fourth-order valence-corrected chi connectivity index (χ4v) is 19.0. The Hall–Kier alpha value is -1.37. The summed E-state index contributed by atoms with van der Waals surface area (Å²) in [5.41, 5.74) is 0.276. The van der Waals surface area contributed by atoms with Crippen LogP contribution in [0.1, 0.15) is 102 Å². The maximum atomic E-state index is 11.4. The SMILES string of the molecule is CC(C)[Si](O[C@H]1O[C@H]2C[C@H](C)[C@H](CCCO[Si](c3ccccc3)(c3ccccc3)C(C)(C)C)O[C@]2(C)C[C@H](O)[C@@H]1O)(C(C)C)C(C)C. The molecular weight excluding hydrogens is 621 g/mol. The summed E-state index contributed by atoms with van der Waals surface area (Å²) in [5, 5.41) is 25.2. The van der Waals surface area contributed by atoms with E-state index in [0.29, 0.717) is 29.7 Å². The van der Waals surface area contributed by atoms with Gasteiger partial charge in [-0.15, -0.1) is 0 Å². The van der Waals surface area contributed by atoms with Crippen LogP contribution >= 0.6 is 0 Å². The minimum atomic E-state index is -2.60. The monoisotopic (exact) mass is 684 g/mol. The summed E-state index contributed by atoms with van der Waals surface area (Å²) >= 11 is 0. The van der Waals surface area contributed by atoms with Crippen molar-refractivity contribution in [1.29, 1.82) is 0 Å². The molecule has 0 unspecified atom stereocenters. The first-order chi connectivity index (χ1) is 22.0. The standard InChI is InChI=1S/C39H64O6Si2/c1-27(2)46(28(3)4,29(5)6)45-37-36(41)33(40)26-39(11)35(43-37)25-30(7)34(44-39)23-18-24-42-47(38(8,9)10,31-19-14-12-15-20-31)32-21-16-13-17-22-32/h12-17,19-22,27-30,33-37,40-41H,18,23-26H2,1-11H3/t30-,33-,34-,35-,36-,37+,39+/m0/s1. The molecule has 7 atom stereocenters. The minimum absolute atomic E-state index is 0.000118. The molecule has 8 heteroatoms. The van der Waals surface area contributed by atoms with E-state index >= 15 is 0 Å². The quantitative estimate of drug-likeness (QED) is 0.178. The number of ether oxygens (including phenoxy) is 2. The Balaban J connectivity index is 1.49. The largest absolute Gasteiger partial charge is 0.407 e. The number of aliphatic hydroxyl groups excluding tert-OH is 2. The maximum Gasteiger partial charge on any atom is 0.261 e. The van der Waals surface area contributed by atoms with E-state index in [9.17, 15) is 10.2 Å². The Labute approximate surface area is 287 Å². The third kappa shape index (κ3) is 7.70. The first-order valence-corrected chi connectivity index (χ1v) is 22.2. The van der Waals surface area contributed by atoms with Crippen molar-refractivity contribution in [2.45, 2.75) is 160 Å². The van der Waals surface area contributed by atoms with Crippen molar-refractivity contribution in [2.75, 3.05) is 6.61 Å². The summed E-state index contributed by atoms with van der Waals surface area (Å²) < 4.78 is 27.7. The molecule has 0 aliphatic carbocycles. The van der Waals surface area contributed by atoms with Gasteiger partial charge < -0.3 is 28.5 Å². The summed E-state index contributed by atoms with van der Waals surface area (Å²) in [6.07, 6.45) is -0.470. The van der Waals surface area contributed by atoms with Gasteiger partial charge in [-0.25, -0.2) is 0 Å². The smallest absolute Gasteiger partial charge is 0.261 e. The van der Waals surface area contributed by atoms with Crippen LogP contribution in [-0.4, -0.2) is 69.8 Å². The second kappa shape index (κ2) is 15.3. The summed E-state index contributed by atoms with van der Waals surface area (Å²) in [4.78, 5) is 0. The third-order valence-corrected chi connectivity index (χ3v) is 22.4. The van der Waals surface area contributed by atoms with Crippen LogP contribution in [0.5, 0.6) is 0 Å². The number of rotatable bonds is 12. The first kappa shape index (κ1) is 38.4. The lowest BCUT2D eigenvalue weighted by Crippen LogP contribution is -2.66. The van der Waals surface area contributed by atoms with Crippen LogP contribution in [0, 0.1) is 5.92 Å². The van der Waals surface area contributed by atoms with Crippen molar-refractivity contribution in [3.63, 3.8) is 0 Å². The molecule has 2 fully saturated rings. The molecule has 264 valence electrons. The highest BCUT2D eigenvalue weighted by atomic mass is 28.4. The number of fused-ring (bicyclic) bond motifs is 1. The molecule has 0 saturated carbocycles. The predicted octanol–water partition coefficient (Wildman–Crippen LogP) is 7.56. The van der Waals surface area contributed by atoms with Gasteiger partial charge in [0.15, 0.2) is 6.29 Å². The van der Waals surface area contributed by atoms with E-state index in [2.05, 4.69) is 130 Å². The van der Waals surface area contributed by atoms with E-state index in [4.69, 9.17) is 18.3 Å². The molecule has 6 nitrogen and oxygen atoms in total. The van der Waals surface area contributed by atoms with E-state index in [1.54, 1.807) is 0 Å². The second-order valence-electron chi connectivity index (χ2n) is 16.5. The number of benzene rings is 2. The Morgan fingerprint density at radius 2 is 1.38 bits per heavy atom. The van der Waals surface area contributed by atoms with Gasteiger partial charge in [0.2, 0.25) is 8.32 Å². The molecule has 2 saturated heterocycles. The van der Waals surface area contributed by atoms with Gasteiger partial charge in [-0.3, -0.25) is 0 Å². The first-order valence-electron chi connectivity index (χ1n) is 18.1. The number of hydrogen-bond acceptors (Lipinski definition) is 6. The average molecular weight is 685 g/mol. The van der Waals surface area contributed by atoms with Crippen LogP contribution in [0.4, 0.5) is 0 Å². The van der Waals surface area contributed by atoms with Crippen LogP contribution < -0.4 is 10.4 Å². The molecule has 0 bridgehead atoms. The van der Waals surface area contributed by atoms with Gasteiger partial charge in [-0.05, 0) is 64.1 Å².